The zero-order chi connectivity index (χ0) is 12.7. The van der Waals surface area contributed by atoms with Crippen molar-refractivity contribution in [1.82, 2.24) is 19.2 Å². The van der Waals surface area contributed by atoms with Gasteiger partial charge in [-0.15, -0.1) is 22.8 Å². The average molecular weight is 279 g/mol. The number of halogens is 1. The van der Waals surface area contributed by atoms with Crippen molar-refractivity contribution in [2.75, 3.05) is 0 Å². The van der Waals surface area contributed by atoms with E-state index in [2.05, 4.69) is 22.8 Å². The molecule has 0 aliphatic carbocycles. The van der Waals surface area contributed by atoms with E-state index in [1.54, 1.807) is 30.6 Å². The first-order valence-electron chi connectivity index (χ1n) is 5.09. The lowest BCUT2D eigenvalue weighted by atomic mass is 10.3. The summed E-state index contributed by atoms with van der Waals surface area (Å²) in [5, 5.41) is 8.40. The van der Waals surface area contributed by atoms with Crippen molar-refractivity contribution in [2.45, 2.75) is 5.16 Å². The van der Waals surface area contributed by atoms with E-state index < -0.39 is 0 Å². The van der Waals surface area contributed by atoms with Gasteiger partial charge in [0.25, 0.3) is 0 Å². The highest BCUT2D eigenvalue weighted by atomic mass is 35.5. The van der Waals surface area contributed by atoms with Crippen molar-refractivity contribution in [1.29, 1.82) is 0 Å². The molecule has 0 aliphatic rings. The SMILES string of the molecule is O=c1c2nnc(S)n2ccn1-c1ccccc1Cl. The van der Waals surface area contributed by atoms with Crippen LogP contribution < -0.4 is 5.56 Å². The van der Waals surface area contributed by atoms with Crippen LogP contribution in [0.4, 0.5) is 0 Å². The second-order valence-corrected chi connectivity index (χ2v) is 4.43. The van der Waals surface area contributed by atoms with Gasteiger partial charge in [0.15, 0.2) is 5.16 Å². The van der Waals surface area contributed by atoms with E-state index in [4.69, 9.17) is 11.6 Å². The van der Waals surface area contributed by atoms with Gasteiger partial charge in [0, 0.05) is 12.4 Å². The van der Waals surface area contributed by atoms with E-state index in [1.807, 2.05) is 6.07 Å². The lowest BCUT2D eigenvalue weighted by Gasteiger charge is -2.07. The Labute approximate surface area is 112 Å². The fraction of sp³-hybridized carbons (Fsp3) is 0. The molecule has 0 saturated heterocycles. The smallest absolute Gasteiger partial charge is 0.278 e. The maximum Gasteiger partial charge on any atom is 0.300 e. The minimum Gasteiger partial charge on any atom is -0.278 e. The first-order valence-corrected chi connectivity index (χ1v) is 5.91. The molecule has 5 nitrogen and oxygen atoms in total. The van der Waals surface area contributed by atoms with Crippen LogP contribution in [0.15, 0.2) is 46.6 Å². The summed E-state index contributed by atoms with van der Waals surface area (Å²) in [6.45, 7) is 0. The number of aromatic nitrogens is 4. The molecule has 0 bridgehead atoms. The lowest BCUT2D eigenvalue weighted by molar-refractivity contribution is 0.898. The van der Waals surface area contributed by atoms with Crippen LogP contribution in [0.5, 0.6) is 0 Å². The van der Waals surface area contributed by atoms with E-state index in [0.717, 1.165) is 0 Å². The van der Waals surface area contributed by atoms with Gasteiger partial charge in [-0.25, -0.2) is 0 Å². The molecule has 2 aromatic heterocycles. The number of hydrogen-bond acceptors (Lipinski definition) is 4. The van der Waals surface area contributed by atoms with Crippen molar-refractivity contribution >= 4 is 29.9 Å². The molecule has 90 valence electrons. The third kappa shape index (κ3) is 1.61. The number of nitrogens with zero attached hydrogens (tertiary/aromatic N) is 4. The Kier molecular flexibility index (Phi) is 2.61. The van der Waals surface area contributed by atoms with Crippen LogP contribution >= 0.6 is 24.2 Å². The van der Waals surface area contributed by atoms with Gasteiger partial charge in [-0.3, -0.25) is 13.8 Å². The van der Waals surface area contributed by atoms with Gasteiger partial charge in [-0.05, 0) is 12.1 Å². The standard InChI is InChI=1S/C11H7ClN4OS/c12-7-3-1-2-4-8(7)15-5-6-16-9(10(15)17)13-14-11(16)18/h1-6H,(H,14,18). The van der Waals surface area contributed by atoms with Crippen molar-refractivity contribution in [3.05, 3.63) is 52.0 Å². The predicted octanol–water partition coefficient (Wildman–Crippen LogP) is 1.82. The Morgan fingerprint density at radius 2 is 1.94 bits per heavy atom. The molecule has 0 fully saturated rings. The number of para-hydroxylation sites is 1. The number of hydrogen-bond donors (Lipinski definition) is 1. The van der Waals surface area contributed by atoms with Crippen LogP contribution in [0.2, 0.25) is 5.02 Å². The predicted molar refractivity (Wildman–Crippen MR) is 70.8 cm³/mol. The molecular formula is C11H7ClN4OS. The fourth-order valence-electron chi connectivity index (χ4n) is 1.71. The molecule has 0 radical (unpaired) electrons. The molecular weight excluding hydrogens is 272 g/mol. The van der Waals surface area contributed by atoms with Gasteiger partial charge < -0.3 is 0 Å². The number of rotatable bonds is 1. The van der Waals surface area contributed by atoms with Gasteiger partial charge in [0.2, 0.25) is 5.65 Å². The largest absolute Gasteiger partial charge is 0.300 e. The first kappa shape index (κ1) is 11.3. The summed E-state index contributed by atoms with van der Waals surface area (Å²) < 4.78 is 2.94. The van der Waals surface area contributed by atoms with Crippen LogP contribution in [-0.4, -0.2) is 19.2 Å². The summed E-state index contributed by atoms with van der Waals surface area (Å²) >= 11 is 10.2. The van der Waals surface area contributed by atoms with Crippen LogP contribution in [0.25, 0.3) is 11.3 Å². The Bertz CT molecular complexity index is 795. The van der Waals surface area contributed by atoms with E-state index in [0.29, 0.717) is 15.9 Å². The normalized spacial score (nSPS) is 11.0. The monoisotopic (exact) mass is 278 g/mol. The Morgan fingerprint density at radius 3 is 2.72 bits per heavy atom. The third-order valence-corrected chi connectivity index (χ3v) is 3.19. The molecule has 3 aromatic rings. The molecule has 7 heteroatoms. The summed E-state index contributed by atoms with van der Waals surface area (Å²) in [7, 11) is 0. The number of benzene rings is 1. The van der Waals surface area contributed by atoms with Crippen molar-refractivity contribution < 1.29 is 0 Å². The summed E-state index contributed by atoms with van der Waals surface area (Å²) in [5.74, 6) is 0. The van der Waals surface area contributed by atoms with Crippen molar-refractivity contribution in [3.63, 3.8) is 0 Å². The third-order valence-electron chi connectivity index (χ3n) is 2.56. The highest BCUT2D eigenvalue weighted by Crippen LogP contribution is 2.18. The molecule has 0 N–H and O–H groups in total. The summed E-state index contributed by atoms with van der Waals surface area (Å²) in [6.07, 6.45) is 3.28. The average Bonchev–Trinajstić information content (AvgIpc) is 2.74. The quantitative estimate of drug-likeness (QED) is 0.691. The van der Waals surface area contributed by atoms with E-state index in [1.165, 1.54) is 8.97 Å². The summed E-state index contributed by atoms with van der Waals surface area (Å²) in [5.41, 5.74) is 0.524. The molecule has 18 heavy (non-hydrogen) atoms. The van der Waals surface area contributed by atoms with Crippen LogP contribution in [0.1, 0.15) is 0 Å². The van der Waals surface area contributed by atoms with Crippen LogP contribution in [0, 0.1) is 0 Å². The topological polar surface area (TPSA) is 52.2 Å². The molecule has 0 amide bonds. The Morgan fingerprint density at radius 1 is 1.17 bits per heavy atom. The minimum absolute atomic E-state index is 0.211. The molecule has 0 spiro atoms. The minimum atomic E-state index is -0.293. The molecule has 2 heterocycles. The molecule has 0 unspecified atom stereocenters. The zero-order valence-corrected chi connectivity index (χ0v) is 10.6. The van der Waals surface area contributed by atoms with Gasteiger partial charge in [-0.1, -0.05) is 23.7 Å². The first-order chi connectivity index (χ1) is 8.68. The maximum absolute atomic E-state index is 12.2. The van der Waals surface area contributed by atoms with Gasteiger partial charge in [-0.2, -0.15) is 0 Å². The highest BCUT2D eigenvalue weighted by molar-refractivity contribution is 7.80. The summed E-state index contributed by atoms with van der Waals surface area (Å²) in [4.78, 5) is 12.2. The van der Waals surface area contributed by atoms with E-state index in [-0.39, 0.29) is 11.2 Å². The molecule has 0 atom stereocenters. The summed E-state index contributed by atoms with van der Waals surface area (Å²) in [6, 6.07) is 7.10. The van der Waals surface area contributed by atoms with Crippen LogP contribution in [0.3, 0.4) is 0 Å². The van der Waals surface area contributed by atoms with Gasteiger partial charge in [0.1, 0.15) is 0 Å². The maximum atomic E-state index is 12.2. The second-order valence-electron chi connectivity index (χ2n) is 3.62. The van der Waals surface area contributed by atoms with Gasteiger partial charge >= 0.3 is 5.56 Å². The fourth-order valence-corrected chi connectivity index (χ4v) is 2.14. The molecule has 3 rings (SSSR count). The number of fused-ring (bicyclic) bond motifs is 1. The lowest BCUT2D eigenvalue weighted by Crippen LogP contribution is -2.20. The van der Waals surface area contributed by atoms with E-state index >= 15 is 0 Å². The van der Waals surface area contributed by atoms with E-state index in [9.17, 15) is 4.79 Å². The Hall–Kier alpha value is -1.79. The number of thiol groups is 1. The van der Waals surface area contributed by atoms with Crippen molar-refractivity contribution in [3.8, 4) is 5.69 Å². The molecule has 1 aromatic carbocycles. The zero-order valence-electron chi connectivity index (χ0n) is 8.99. The van der Waals surface area contributed by atoms with Crippen molar-refractivity contribution in [2.24, 2.45) is 0 Å². The second kappa shape index (κ2) is 4.15. The molecule has 0 saturated carbocycles. The highest BCUT2D eigenvalue weighted by Gasteiger charge is 2.10. The van der Waals surface area contributed by atoms with Gasteiger partial charge in [0.05, 0.1) is 10.7 Å². The Balaban J connectivity index is 2.35. The van der Waals surface area contributed by atoms with Crippen LogP contribution in [-0.2, 0) is 0 Å². The molecule has 0 aliphatic heterocycles.